The number of hydrogen-bond acceptors (Lipinski definition) is 2. The molecular weight excluding hydrogens is 310 g/mol. The van der Waals surface area contributed by atoms with Crippen molar-refractivity contribution < 1.29 is 0 Å². The molecule has 4 rings (SSSR count). The number of nitrogens with zero attached hydrogens (tertiary/aromatic N) is 3. The Kier molecular flexibility index (Phi) is 3.73. The van der Waals surface area contributed by atoms with Crippen molar-refractivity contribution in [3.8, 4) is 11.1 Å². The van der Waals surface area contributed by atoms with Crippen molar-refractivity contribution in [1.82, 2.24) is 14.3 Å². The summed E-state index contributed by atoms with van der Waals surface area (Å²) in [6, 6.07) is 18.6. The van der Waals surface area contributed by atoms with E-state index in [0.29, 0.717) is 0 Å². The van der Waals surface area contributed by atoms with E-state index in [9.17, 15) is 4.79 Å². The summed E-state index contributed by atoms with van der Waals surface area (Å²) in [5.74, 6) is 0. The molecule has 4 aromatic rings. The minimum atomic E-state index is 0.0407. The van der Waals surface area contributed by atoms with Gasteiger partial charge in [-0.2, -0.15) is 5.10 Å². The fourth-order valence-corrected chi connectivity index (χ4v) is 3.17. The summed E-state index contributed by atoms with van der Waals surface area (Å²) in [6.45, 7) is 2.59. The van der Waals surface area contributed by atoms with E-state index in [2.05, 4.69) is 35.4 Å². The van der Waals surface area contributed by atoms with Gasteiger partial charge in [-0.05, 0) is 35.7 Å². The van der Waals surface area contributed by atoms with Crippen LogP contribution in [0.25, 0.3) is 22.0 Å². The fourth-order valence-electron chi connectivity index (χ4n) is 3.17. The van der Waals surface area contributed by atoms with E-state index < -0.39 is 0 Å². The first-order chi connectivity index (χ1) is 12.1. The van der Waals surface area contributed by atoms with Crippen molar-refractivity contribution in [3.63, 3.8) is 0 Å². The number of aryl methyl sites for hydroxylation is 2. The van der Waals surface area contributed by atoms with Gasteiger partial charge in [0.25, 0.3) is 5.56 Å². The van der Waals surface area contributed by atoms with Crippen molar-refractivity contribution in [1.29, 1.82) is 0 Å². The van der Waals surface area contributed by atoms with Crippen molar-refractivity contribution >= 4 is 10.9 Å². The summed E-state index contributed by atoms with van der Waals surface area (Å²) in [5, 5.41) is 5.65. The Hall–Kier alpha value is -3.14. The second kappa shape index (κ2) is 6.06. The third-order valence-electron chi connectivity index (χ3n) is 4.52. The molecule has 4 nitrogen and oxygen atoms in total. The van der Waals surface area contributed by atoms with Crippen molar-refractivity contribution in [2.45, 2.75) is 13.5 Å². The Bertz CT molecular complexity index is 1080. The molecule has 25 heavy (non-hydrogen) atoms. The van der Waals surface area contributed by atoms with Gasteiger partial charge < -0.3 is 4.57 Å². The molecule has 4 heteroatoms. The summed E-state index contributed by atoms with van der Waals surface area (Å²) in [5.41, 5.74) is 5.22. The zero-order valence-corrected chi connectivity index (χ0v) is 14.3. The molecule has 2 aromatic heterocycles. The molecule has 0 radical (unpaired) electrons. The van der Waals surface area contributed by atoms with Crippen LogP contribution in [0.1, 0.15) is 11.1 Å². The average molecular weight is 329 g/mol. The number of fused-ring (bicyclic) bond motifs is 1. The van der Waals surface area contributed by atoms with Crippen LogP contribution in [-0.4, -0.2) is 14.3 Å². The number of rotatable bonds is 3. The quantitative estimate of drug-likeness (QED) is 0.574. The van der Waals surface area contributed by atoms with Gasteiger partial charge in [-0.3, -0.25) is 9.48 Å². The van der Waals surface area contributed by atoms with E-state index in [1.807, 2.05) is 48.3 Å². The monoisotopic (exact) mass is 329 g/mol. The second-order valence-electron chi connectivity index (χ2n) is 6.39. The second-order valence-corrected chi connectivity index (χ2v) is 6.39. The number of hydrogen-bond donors (Lipinski definition) is 0. The van der Waals surface area contributed by atoms with Crippen LogP contribution in [0.2, 0.25) is 0 Å². The van der Waals surface area contributed by atoms with E-state index in [1.165, 1.54) is 5.56 Å². The summed E-state index contributed by atoms with van der Waals surface area (Å²) in [4.78, 5) is 11.9. The van der Waals surface area contributed by atoms with Crippen molar-refractivity contribution in [3.05, 3.63) is 88.5 Å². The lowest BCUT2D eigenvalue weighted by molar-refractivity contribution is 0.712. The van der Waals surface area contributed by atoms with Gasteiger partial charge in [-0.1, -0.05) is 42.5 Å². The van der Waals surface area contributed by atoms with Crippen LogP contribution in [0.4, 0.5) is 0 Å². The first-order valence-corrected chi connectivity index (χ1v) is 8.29. The summed E-state index contributed by atoms with van der Waals surface area (Å²) in [6.07, 6.45) is 3.78. The molecule has 0 aliphatic heterocycles. The maximum atomic E-state index is 11.9. The van der Waals surface area contributed by atoms with Gasteiger partial charge >= 0.3 is 0 Å². The largest absolute Gasteiger partial charge is 0.318 e. The lowest BCUT2D eigenvalue weighted by Crippen LogP contribution is -2.18. The molecule has 2 aromatic carbocycles. The number of pyridine rings is 1. The van der Waals surface area contributed by atoms with Crippen LogP contribution in [0.5, 0.6) is 0 Å². The van der Waals surface area contributed by atoms with Crippen LogP contribution in [0, 0.1) is 6.92 Å². The molecule has 0 fully saturated rings. The van der Waals surface area contributed by atoms with E-state index >= 15 is 0 Å². The van der Waals surface area contributed by atoms with E-state index in [1.54, 1.807) is 11.6 Å². The van der Waals surface area contributed by atoms with E-state index in [-0.39, 0.29) is 5.56 Å². The highest BCUT2D eigenvalue weighted by molar-refractivity contribution is 5.84. The molecule has 0 saturated carbocycles. The molecule has 124 valence electrons. The zero-order chi connectivity index (χ0) is 17.4. The van der Waals surface area contributed by atoms with Crippen LogP contribution in [-0.2, 0) is 13.6 Å². The molecule has 0 atom stereocenters. The predicted molar refractivity (Wildman–Crippen MR) is 101 cm³/mol. The zero-order valence-electron chi connectivity index (χ0n) is 14.3. The molecule has 0 amide bonds. The molecule has 0 bridgehead atoms. The normalized spacial score (nSPS) is 11.1. The molecule has 2 heterocycles. The first kappa shape index (κ1) is 15.4. The number of benzene rings is 2. The van der Waals surface area contributed by atoms with E-state index in [0.717, 1.165) is 34.1 Å². The van der Waals surface area contributed by atoms with Gasteiger partial charge in [0.2, 0.25) is 0 Å². The molecule has 0 saturated heterocycles. The Morgan fingerprint density at radius 3 is 2.56 bits per heavy atom. The van der Waals surface area contributed by atoms with Crippen LogP contribution >= 0.6 is 0 Å². The summed E-state index contributed by atoms with van der Waals surface area (Å²) < 4.78 is 3.65. The Morgan fingerprint density at radius 1 is 1.00 bits per heavy atom. The minimum Gasteiger partial charge on any atom is -0.318 e. The summed E-state index contributed by atoms with van der Waals surface area (Å²) in [7, 11) is 1.79. The van der Waals surface area contributed by atoms with Gasteiger partial charge in [0.15, 0.2) is 0 Å². The van der Waals surface area contributed by atoms with Gasteiger partial charge in [-0.15, -0.1) is 0 Å². The summed E-state index contributed by atoms with van der Waals surface area (Å²) >= 11 is 0. The molecule has 0 unspecified atom stereocenters. The van der Waals surface area contributed by atoms with Crippen LogP contribution in [0.3, 0.4) is 0 Å². The van der Waals surface area contributed by atoms with Gasteiger partial charge in [-0.25, -0.2) is 0 Å². The topological polar surface area (TPSA) is 39.8 Å². The molecular formula is C21H19N3O. The molecule has 0 aliphatic rings. The number of aromatic nitrogens is 3. The first-order valence-electron chi connectivity index (χ1n) is 8.29. The smallest absolute Gasteiger partial charge is 0.253 e. The Balaban J connectivity index is 1.80. The third kappa shape index (κ3) is 2.87. The van der Waals surface area contributed by atoms with Crippen molar-refractivity contribution in [2.75, 3.05) is 0 Å². The highest BCUT2D eigenvalue weighted by Gasteiger charge is 2.08. The molecule has 0 aliphatic carbocycles. The molecule has 0 spiro atoms. The predicted octanol–water partition coefficient (Wildman–Crippen LogP) is 3.76. The maximum absolute atomic E-state index is 11.9. The SMILES string of the molecule is Cc1cc(-c2ccc3cnn(Cc4ccccc4)c3c2)cn(C)c1=O. The lowest BCUT2D eigenvalue weighted by atomic mass is 10.0. The highest BCUT2D eigenvalue weighted by atomic mass is 16.1. The van der Waals surface area contributed by atoms with Crippen LogP contribution in [0.15, 0.2) is 71.8 Å². The lowest BCUT2D eigenvalue weighted by Gasteiger charge is -2.08. The highest BCUT2D eigenvalue weighted by Crippen LogP contribution is 2.24. The Labute approximate surface area is 146 Å². The fraction of sp³-hybridized carbons (Fsp3) is 0.143. The van der Waals surface area contributed by atoms with Gasteiger partial charge in [0.1, 0.15) is 0 Å². The average Bonchev–Trinajstić information content (AvgIpc) is 3.02. The van der Waals surface area contributed by atoms with Gasteiger partial charge in [0.05, 0.1) is 18.3 Å². The standard InChI is InChI=1S/C21H19N3O/c1-15-10-19(14-23(2)21(15)25)17-8-9-18-12-22-24(20(18)11-17)13-16-6-4-3-5-7-16/h3-12,14H,13H2,1-2H3. The Morgan fingerprint density at radius 2 is 1.80 bits per heavy atom. The minimum absolute atomic E-state index is 0.0407. The van der Waals surface area contributed by atoms with Crippen molar-refractivity contribution in [2.24, 2.45) is 7.05 Å². The van der Waals surface area contributed by atoms with Crippen LogP contribution < -0.4 is 5.56 Å². The maximum Gasteiger partial charge on any atom is 0.253 e. The third-order valence-corrected chi connectivity index (χ3v) is 4.52. The van der Waals surface area contributed by atoms with E-state index in [4.69, 9.17) is 0 Å². The van der Waals surface area contributed by atoms with Gasteiger partial charge in [0, 0.05) is 24.2 Å². The molecule has 0 N–H and O–H groups in total.